The molecule has 5 heteroatoms. The zero-order valence-corrected chi connectivity index (χ0v) is 23.1. The molecule has 1 aliphatic heterocycles. The lowest BCUT2D eigenvalue weighted by molar-refractivity contribution is -0.213. The summed E-state index contributed by atoms with van der Waals surface area (Å²) in [5, 5.41) is 45.0. The molecule has 1 heterocycles. The Morgan fingerprint density at radius 3 is 2.09 bits per heavy atom. The lowest BCUT2D eigenvalue weighted by Crippen LogP contribution is -2.62. The predicted octanol–water partition coefficient (Wildman–Crippen LogP) is 4.44. The van der Waals surface area contributed by atoms with Gasteiger partial charge in [0.2, 0.25) is 0 Å². The van der Waals surface area contributed by atoms with Crippen molar-refractivity contribution in [2.24, 2.45) is 44.8 Å². The first-order chi connectivity index (χ1) is 16.0. The average molecular weight is 491 g/mol. The third-order valence-electron chi connectivity index (χ3n) is 13.8. The maximum Gasteiger partial charge on any atom is 0.0865 e. The van der Waals surface area contributed by atoms with E-state index in [0.717, 1.165) is 51.4 Å². The summed E-state index contributed by atoms with van der Waals surface area (Å²) in [6.45, 7) is 15.0. The summed E-state index contributed by atoms with van der Waals surface area (Å²) in [6.07, 6.45) is 7.18. The fourth-order valence-electron chi connectivity index (χ4n) is 12.1. The molecule has 5 aliphatic carbocycles. The Labute approximate surface area is 212 Å². The number of ether oxygens (including phenoxy) is 1. The van der Waals surface area contributed by atoms with Crippen molar-refractivity contribution in [3.63, 3.8) is 0 Å². The van der Waals surface area contributed by atoms with Crippen LogP contribution in [0.1, 0.15) is 106 Å². The predicted molar refractivity (Wildman–Crippen MR) is 134 cm³/mol. The Kier molecular flexibility index (Phi) is 4.92. The highest BCUT2D eigenvalue weighted by molar-refractivity contribution is 5.33. The number of aliphatic hydroxyl groups is 4. The van der Waals surface area contributed by atoms with Crippen LogP contribution in [0, 0.1) is 44.8 Å². The van der Waals surface area contributed by atoms with Crippen LogP contribution in [-0.4, -0.2) is 56.0 Å². The van der Waals surface area contributed by atoms with Gasteiger partial charge < -0.3 is 25.2 Å². The molecule has 2 spiro atoms. The fourth-order valence-corrected chi connectivity index (χ4v) is 12.1. The van der Waals surface area contributed by atoms with E-state index in [9.17, 15) is 20.4 Å². The minimum Gasteiger partial charge on any atom is -0.393 e. The molecule has 0 aromatic heterocycles. The van der Waals surface area contributed by atoms with E-state index < -0.39 is 23.4 Å². The van der Waals surface area contributed by atoms with Gasteiger partial charge in [0.25, 0.3) is 0 Å². The Bertz CT molecular complexity index is 911. The molecule has 1 unspecified atom stereocenters. The van der Waals surface area contributed by atoms with Crippen molar-refractivity contribution in [2.75, 3.05) is 0 Å². The molecule has 0 amide bonds. The van der Waals surface area contributed by atoms with Crippen molar-refractivity contribution in [2.45, 2.75) is 142 Å². The van der Waals surface area contributed by atoms with Crippen LogP contribution in [0.25, 0.3) is 0 Å². The summed E-state index contributed by atoms with van der Waals surface area (Å²) in [6, 6.07) is 0. The van der Waals surface area contributed by atoms with Crippen LogP contribution in [0.15, 0.2) is 0 Å². The first-order valence-corrected chi connectivity index (χ1v) is 14.4. The molecule has 4 N–H and O–H groups in total. The Hall–Kier alpha value is -0.200. The van der Waals surface area contributed by atoms with E-state index in [1.54, 1.807) is 0 Å². The minimum atomic E-state index is -0.886. The third-order valence-corrected chi connectivity index (χ3v) is 13.8. The van der Waals surface area contributed by atoms with Gasteiger partial charge in [-0.15, -0.1) is 0 Å². The van der Waals surface area contributed by atoms with Crippen LogP contribution < -0.4 is 0 Å². The number of hydrogen-bond acceptors (Lipinski definition) is 5. The van der Waals surface area contributed by atoms with Crippen LogP contribution in [0.5, 0.6) is 0 Å². The van der Waals surface area contributed by atoms with Crippen LogP contribution >= 0.6 is 0 Å². The Balaban J connectivity index is 1.37. The lowest BCUT2D eigenvalue weighted by Gasteiger charge is -2.64. The fraction of sp³-hybridized carbons (Fsp3) is 1.00. The molecule has 35 heavy (non-hydrogen) atoms. The maximum atomic E-state index is 11.7. The molecule has 0 radical (unpaired) electrons. The molecule has 5 nitrogen and oxygen atoms in total. The number of aliphatic hydroxyl groups excluding tert-OH is 3. The molecule has 6 aliphatic rings. The summed E-state index contributed by atoms with van der Waals surface area (Å²) in [5.74, 6) is 0.577. The van der Waals surface area contributed by atoms with Gasteiger partial charge in [-0.1, -0.05) is 27.7 Å². The van der Waals surface area contributed by atoms with Gasteiger partial charge >= 0.3 is 0 Å². The van der Waals surface area contributed by atoms with Crippen molar-refractivity contribution in [1.82, 2.24) is 0 Å². The van der Waals surface area contributed by atoms with Gasteiger partial charge in [0, 0.05) is 5.92 Å². The minimum absolute atomic E-state index is 0.0267. The van der Waals surface area contributed by atoms with E-state index in [1.807, 2.05) is 13.8 Å². The molecule has 200 valence electrons. The van der Waals surface area contributed by atoms with Gasteiger partial charge in [0.1, 0.15) is 0 Å². The van der Waals surface area contributed by atoms with E-state index in [4.69, 9.17) is 4.74 Å². The largest absolute Gasteiger partial charge is 0.393 e. The second kappa shape index (κ2) is 6.86. The summed E-state index contributed by atoms with van der Waals surface area (Å²) >= 11 is 0. The Morgan fingerprint density at radius 2 is 1.46 bits per heavy atom. The van der Waals surface area contributed by atoms with Crippen molar-refractivity contribution < 1.29 is 25.2 Å². The van der Waals surface area contributed by atoms with Gasteiger partial charge in [0.15, 0.2) is 0 Å². The average Bonchev–Trinajstić information content (AvgIpc) is 3.08. The van der Waals surface area contributed by atoms with Crippen molar-refractivity contribution in [3.05, 3.63) is 0 Å². The van der Waals surface area contributed by atoms with E-state index in [1.165, 1.54) is 6.42 Å². The first kappa shape index (κ1) is 25.1. The van der Waals surface area contributed by atoms with Gasteiger partial charge in [-0.2, -0.15) is 0 Å². The highest BCUT2D eigenvalue weighted by Gasteiger charge is 2.84. The molecule has 0 aromatic carbocycles. The summed E-state index contributed by atoms with van der Waals surface area (Å²) in [4.78, 5) is 0. The van der Waals surface area contributed by atoms with Gasteiger partial charge in [-0.05, 0) is 117 Å². The van der Waals surface area contributed by atoms with Crippen LogP contribution in [0.3, 0.4) is 0 Å². The third kappa shape index (κ3) is 2.78. The van der Waals surface area contributed by atoms with Crippen LogP contribution in [0.4, 0.5) is 0 Å². The molecule has 6 rings (SSSR count). The number of fused-ring (bicyclic) bond motifs is 2. The summed E-state index contributed by atoms with van der Waals surface area (Å²) in [7, 11) is 0. The van der Waals surface area contributed by atoms with Gasteiger partial charge in [0.05, 0.1) is 35.6 Å². The van der Waals surface area contributed by atoms with Gasteiger partial charge in [-0.25, -0.2) is 0 Å². The van der Waals surface area contributed by atoms with E-state index >= 15 is 0 Å². The highest BCUT2D eigenvalue weighted by atomic mass is 16.5. The van der Waals surface area contributed by atoms with Gasteiger partial charge in [-0.3, -0.25) is 0 Å². The number of rotatable bonds is 2. The molecule has 0 aromatic rings. The molecule has 5 saturated carbocycles. The highest BCUT2D eigenvalue weighted by Crippen LogP contribution is 2.89. The van der Waals surface area contributed by atoms with Crippen LogP contribution in [-0.2, 0) is 4.74 Å². The standard InChI is InChI=1S/C30H50O5/c1-24(2)20(33)8-11-30-16-29(30)13-12-26(5)23(28(7)10-9-21(35-28)25(3,4)34)18(32)15-27(26,6)19(29)14-17(31)22(24)30/h17-23,31-34H,8-16H2,1-7H3/t17-,18-,19-,20-,21+,22-,23?,26+,27-,28-,29-,30+/m0/s1. The zero-order valence-electron chi connectivity index (χ0n) is 23.1. The monoisotopic (exact) mass is 490 g/mol. The quantitative estimate of drug-likeness (QED) is 0.460. The topological polar surface area (TPSA) is 90.2 Å². The van der Waals surface area contributed by atoms with Crippen molar-refractivity contribution in [1.29, 1.82) is 0 Å². The molecule has 1 saturated heterocycles. The smallest absolute Gasteiger partial charge is 0.0865 e. The SMILES string of the molecule is CC(C)(O)[C@H]1CC[C@@](C)(C2[C@@H](O)C[C@@]3(C)[C@@H]4C[C@H](O)[C@H]5C(C)(C)[C@@H](O)CC[C@@]56C[C@@]46CC[C@]23C)O1. The number of hydrogen-bond donors (Lipinski definition) is 4. The molecular formula is C30H50O5. The van der Waals surface area contributed by atoms with Crippen molar-refractivity contribution in [3.8, 4) is 0 Å². The summed E-state index contributed by atoms with van der Waals surface area (Å²) < 4.78 is 6.66. The second-order valence-electron chi connectivity index (χ2n) is 15.9. The Morgan fingerprint density at radius 1 is 0.771 bits per heavy atom. The second-order valence-corrected chi connectivity index (χ2v) is 15.9. The molecule has 6 fully saturated rings. The lowest BCUT2D eigenvalue weighted by atomic mass is 9.41. The molecule has 12 atom stereocenters. The summed E-state index contributed by atoms with van der Waals surface area (Å²) in [5.41, 5.74) is -1.35. The maximum absolute atomic E-state index is 11.7. The van der Waals surface area contributed by atoms with E-state index in [2.05, 4.69) is 34.6 Å². The normalized spacial score (nSPS) is 60.9. The van der Waals surface area contributed by atoms with Crippen molar-refractivity contribution >= 4 is 0 Å². The molecular weight excluding hydrogens is 440 g/mol. The zero-order chi connectivity index (χ0) is 25.6. The van der Waals surface area contributed by atoms with E-state index in [0.29, 0.717) is 5.92 Å². The van der Waals surface area contributed by atoms with Crippen LogP contribution in [0.2, 0.25) is 0 Å². The van der Waals surface area contributed by atoms with E-state index in [-0.39, 0.29) is 51.1 Å². The molecule has 0 bridgehead atoms. The first-order valence-electron chi connectivity index (χ1n) is 14.4.